The Morgan fingerprint density at radius 1 is 1.21 bits per heavy atom. The van der Waals surface area contributed by atoms with Crippen LogP contribution in [-0.2, 0) is 11.5 Å². The summed E-state index contributed by atoms with van der Waals surface area (Å²) in [6, 6.07) is 12.9. The Bertz CT molecular complexity index is 590. The molecule has 0 aliphatic rings. The third kappa shape index (κ3) is 4.76. The van der Waals surface area contributed by atoms with Crippen LogP contribution in [0.1, 0.15) is 20.9 Å². The SMILES string of the molecule is Cc1cccc(CSCc2ccc(C#CCN)s2)c1. The van der Waals surface area contributed by atoms with Crippen molar-refractivity contribution >= 4 is 23.1 Å². The van der Waals surface area contributed by atoms with E-state index in [2.05, 4.69) is 55.2 Å². The zero-order valence-corrected chi connectivity index (χ0v) is 12.6. The van der Waals surface area contributed by atoms with Crippen molar-refractivity contribution in [1.29, 1.82) is 0 Å². The molecule has 0 spiro atoms. The number of thioether (sulfide) groups is 1. The number of rotatable bonds is 4. The molecule has 2 rings (SSSR count). The fourth-order valence-electron chi connectivity index (χ4n) is 1.73. The van der Waals surface area contributed by atoms with Gasteiger partial charge in [-0.25, -0.2) is 0 Å². The first-order valence-electron chi connectivity index (χ1n) is 6.19. The van der Waals surface area contributed by atoms with Gasteiger partial charge in [0.1, 0.15) is 0 Å². The molecule has 2 N–H and O–H groups in total. The molecule has 1 aromatic carbocycles. The third-order valence-corrected chi connectivity index (χ3v) is 4.81. The highest BCUT2D eigenvalue weighted by molar-refractivity contribution is 7.97. The van der Waals surface area contributed by atoms with E-state index in [9.17, 15) is 0 Å². The number of thiophene rings is 1. The van der Waals surface area contributed by atoms with Gasteiger partial charge in [-0.1, -0.05) is 41.7 Å². The first kappa shape index (κ1) is 14.2. The molecule has 2 aromatic rings. The van der Waals surface area contributed by atoms with Gasteiger partial charge >= 0.3 is 0 Å². The van der Waals surface area contributed by atoms with E-state index in [4.69, 9.17) is 5.73 Å². The van der Waals surface area contributed by atoms with Crippen LogP contribution >= 0.6 is 23.1 Å². The highest BCUT2D eigenvalue weighted by atomic mass is 32.2. The monoisotopic (exact) mass is 287 g/mol. The summed E-state index contributed by atoms with van der Waals surface area (Å²) in [5.41, 5.74) is 8.09. The van der Waals surface area contributed by atoms with Crippen LogP contribution in [0, 0.1) is 18.8 Å². The molecule has 98 valence electrons. The number of aryl methyl sites for hydroxylation is 1. The molecular formula is C16H17NS2. The van der Waals surface area contributed by atoms with E-state index >= 15 is 0 Å². The molecular weight excluding hydrogens is 270 g/mol. The number of hydrogen-bond acceptors (Lipinski definition) is 3. The first-order chi connectivity index (χ1) is 9.28. The van der Waals surface area contributed by atoms with Gasteiger partial charge < -0.3 is 5.73 Å². The summed E-state index contributed by atoms with van der Waals surface area (Å²) in [5, 5.41) is 0. The van der Waals surface area contributed by atoms with Crippen molar-refractivity contribution < 1.29 is 0 Å². The molecule has 1 aromatic heterocycles. The fourth-order valence-corrected chi connectivity index (χ4v) is 3.71. The minimum atomic E-state index is 0.426. The van der Waals surface area contributed by atoms with Crippen LogP contribution in [0.15, 0.2) is 36.4 Å². The topological polar surface area (TPSA) is 26.0 Å². The lowest BCUT2D eigenvalue weighted by Crippen LogP contribution is -1.92. The fraction of sp³-hybridized carbons (Fsp3) is 0.250. The van der Waals surface area contributed by atoms with Gasteiger partial charge in [0, 0.05) is 16.4 Å². The van der Waals surface area contributed by atoms with Crippen LogP contribution in [0.25, 0.3) is 0 Å². The maximum Gasteiger partial charge on any atom is 0.0772 e. The zero-order valence-electron chi connectivity index (χ0n) is 11.0. The van der Waals surface area contributed by atoms with Crippen molar-refractivity contribution in [3.8, 4) is 11.8 Å². The maximum absolute atomic E-state index is 5.37. The molecule has 0 aliphatic carbocycles. The Morgan fingerprint density at radius 3 is 2.89 bits per heavy atom. The smallest absolute Gasteiger partial charge is 0.0772 e. The minimum Gasteiger partial charge on any atom is -0.320 e. The lowest BCUT2D eigenvalue weighted by atomic mass is 10.2. The average molecular weight is 287 g/mol. The molecule has 0 fully saturated rings. The molecule has 0 saturated carbocycles. The van der Waals surface area contributed by atoms with Gasteiger partial charge in [0.05, 0.1) is 11.4 Å². The lowest BCUT2D eigenvalue weighted by molar-refractivity contribution is 1.30. The van der Waals surface area contributed by atoms with Gasteiger partial charge in [-0.05, 0) is 24.6 Å². The summed E-state index contributed by atoms with van der Waals surface area (Å²) >= 11 is 3.70. The second-order valence-electron chi connectivity index (χ2n) is 4.25. The minimum absolute atomic E-state index is 0.426. The van der Waals surface area contributed by atoms with Gasteiger partial charge in [-0.15, -0.1) is 11.3 Å². The molecule has 1 heterocycles. The molecule has 0 radical (unpaired) electrons. The molecule has 0 aliphatic heterocycles. The van der Waals surface area contributed by atoms with Gasteiger partial charge in [-0.3, -0.25) is 0 Å². The Hall–Kier alpha value is -1.21. The van der Waals surface area contributed by atoms with Crippen molar-refractivity contribution in [2.75, 3.05) is 6.54 Å². The Morgan fingerprint density at radius 2 is 2.11 bits per heavy atom. The summed E-state index contributed by atoms with van der Waals surface area (Å²) in [5.74, 6) is 8.07. The predicted octanol–water partition coefficient (Wildman–Crippen LogP) is 3.80. The van der Waals surface area contributed by atoms with Crippen LogP contribution in [0.3, 0.4) is 0 Å². The molecule has 0 unspecified atom stereocenters. The first-order valence-corrected chi connectivity index (χ1v) is 8.16. The summed E-state index contributed by atoms with van der Waals surface area (Å²) in [6.07, 6.45) is 0. The van der Waals surface area contributed by atoms with Crippen molar-refractivity contribution in [3.63, 3.8) is 0 Å². The third-order valence-electron chi connectivity index (χ3n) is 2.57. The molecule has 0 saturated heterocycles. The Balaban J connectivity index is 1.84. The van der Waals surface area contributed by atoms with E-state index in [1.807, 2.05) is 11.8 Å². The zero-order chi connectivity index (χ0) is 13.5. The van der Waals surface area contributed by atoms with Crippen LogP contribution in [-0.4, -0.2) is 6.54 Å². The van der Waals surface area contributed by atoms with E-state index < -0.39 is 0 Å². The van der Waals surface area contributed by atoms with Gasteiger partial charge in [0.25, 0.3) is 0 Å². The molecule has 0 atom stereocenters. The second kappa shape index (κ2) is 7.40. The quantitative estimate of drug-likeness (QED) is 0.866. The van der Waals surface area contributed by atoms with Crippen molar-refractivity contribution in [2.24, 2.45) is 5.73 Å². The Labute approximate surface area is 123 Å². The van der Waals surface area contributed by atoms with Gasteiger partial charge in [-0.2, -0.15) is 11.8 Å². The summed E-state index contributed by atoms with van der Waals surface area (Å²) in [4.78, 5) is 2.48. The average Bonchev–Trinajstić information content (AvgIpc) is 2.84. The van der Waals surface area contributed by atoms with Gasteiger partial charge in [0.2, 0.25) is 0 Å². The van der Waals surface area contributed by atoms with Crippen molar-refractivity contribution in [2.45, 2.75) is 18.4 Å². The van der Waals surface area contributed by atoms with Crippen LogP contribution in [0.4, 0.5) is 0 Å². The lowest BCUT2D eigenvalue weighted by Gasteiger charge is -2.01. The molecule has 0 amide bonds. The van der Waals surface area contributed by atoms with Crippen molar-refractivity contribution in [1.82, 2.24) is 0 Å². The predicted molar refractivity (Wildman–Crippen MR) is 86.4 cm³/mol. The number of benzene rings is 1. The van der Waals surface area contributed by atoms with E-state index in [0.717, 1.165) is 16.4 Å². The summed E-state index contributed by atoms with van der Waals surface area (Å²) in [7, 11) is 0. The number of hydrogen-bond donors (Lipinski definition) is 1. The standard InChI is InChI=1S/C16H17NS2/c1-13-4-2-5-14(10-13)11-18-12-16-8-7-15(19-16)6-3-9-17/h2,4-5,7-8,10H,9,11-12,17H2,1H3. The summed E-state index contributed by atoms with van der Waals surface area (Å²) in [6.45, 7) is 2.56. The van der Waals surface area contributed by atoms with Gasteiger partial charge in [0.15, 0.2) is 0 Å². The van der Waals surface area contributed by atoms with E-state index in [1.54, 1.807) is 11.3 Å². The van der Waals surface area contributed by atoms with E-state index in [0.29, 0.717) is 6.54 Å². The van der Waals surface area contributed by atoms with Crippen LogP contribution < -0.4 is 5.73 Å². The normalized spacial score (nSPS) is 10.0. The second-order valence-corrected chi connectivity index (χ2v) is 6.41. The summed E-state index contributed by atoms with van der Waals surface area (Å²) < 4.78 is 0. The van der Waals surface area contributed by atoms with Crippen molar-refractivity contribution in [3.05, 3.63) is 57.3 Å². The molecule has 3 heteroatoms. The van der Waals surface area contributed by atoms with Crippen LogP contribution in [0.5, 0.6) is 0 Å². The molecule has 19 heavy (non-hydrogen) atoms. The van der Waals surface area contributed by atoms with Crippen LogP contribution in [0.2, 0.25) is 0 Å². The largest absolute Gasteiger partial charge is 0.320 e. The van der Waals surface area contributed by atoms with E-state index in [1.165, 1.54) is 16.0 Å². The van der Waals surface area contributed by atoms with E-state index in [-0.39, 0.29) is 0 Å². The highest BCUT2D eigenvalue weighted by Crippen LogP contribution is 2.23. The molecule has 0 bridgehead atoms. The maximum atomic E-state index is 5.37. The Kier molecular flexibility index (Phi) is 5.53. The number of nitrogens with two attached hydrogens (primary N) is 1. The highest BCUT2D eigenvalue weighted by Gasteiger charge is 1.99. The molecule has 1 nitrogen and oxygen atoms in total.